The number of halogens is 3. The molecule has 0 atom stereocenters. The van der Waals surface area contributed by atoms with Crippen LogP contribution in [0, 0.1) is 0 Å². The minimum atomic E-state index is -4.58. The molecule has 1 fully saturated rings. The quantitative estimate of drug-likeness (QED) is 0.808. The zero-order valence-electron chi connectivity index (χ0n) is 10.5. The second kappa shape index (κ2) is 4.46. The number of rotatable bonds is 4. The lowest BCUT2D eigenvalue weighted by Gasteiger charge is -2.21. The predicted molar refractivity (Wildman–Crippen MR) is 66.3 cm³/mol. The van der Waals surface area contributed by atoms with E-state index in [1.165, 1.54) is 6.07 Å². The predicted octanol–water partition coefficient (Wildman–Crippen LogP) is 2.30. The molecule has 0 aliphatic heterocycles. The largest absolute Gasteiger partial charge is 0.453 e. The second-order valence-electron chi connectivity index (χ2n) is 4.66. The smallest absolute Gasteiger partial charge is 0.348 e. The molecule has 106 valence electrons. The molecule has 2 aromatic rings. The van der Waals surface area contributed by atoms with Gasteiger partial charge in [-0.25, -0.2) is 0 Å². The van der Waals surface area contributed by atoms with E-state index in [-0.39, 0.29) is 5.65 Å². The minimum Gasteiger partial charge on any atom is -0.348 e. The highest BCUT2D eigenvalue weighted by atomic mass is 19.4. The van der Waals surface area contributed by atoms with Gasteiger partial charge < -0.3 is 4.90 Å². The van der Waals surface area contributed by atoms with Crippen molar-refractivity contribution in [3.8, 4) is 0 Å². The molecule has 20 heavy (non-hydrogen) atoms. The van der Waals surface area contributed by atoms with Crippen molar-refractivity contribution in [2.45, 2.75) is 25.1 Å². The number of hydrogen-bond donors (Lipinski definition) is 0. The Hall–Kier alpha value is -2.12. The maximum Gasteiger partial charge on any atom is 0.453 e. The standard InChI is InChI=1S/C12H12F3N5/c1-2-7-19(8-3-4-8)10-6-5-9-16-17-11(12(13,14)15)20(9)18-10/h2,5-6,8H,1,3-4,7H2. The lowest BCUT2D eigenvalue weighted by molar-refractivity contribution is -0.146. The van der Waals surface area contributed by atoms with E-state index in [0.717, 1.165) is 17.4 Å². The van der Waals surface area contributed by atoms with Gasteiger partial charge in [-0.1, -0.05) is 6.08 Å². The number of hydrogen-bond acceptors (Lipinski definition) is 4. The van der Waals surface area contributed by atoms with E-state index in [9.17, 15) is 13.2 Å². The average molecular weight is 283 g/mol. The lowest BCUT2D eigenvalue weighted by atomic mass is 10.4. The van der Waals surface area contributed by atoms with Crippen molar-refractivity contribution in [3.05, 3.63) is 30.6 Å². The molecule has 1 aliphatic rings. The monoisotopic (exact) mass is 283 g/mol. The average Bonchev–Trinajstić information content (AvgIpc) is 3.12. The Morgan fingerprint density at radius 1 is 1.35 bits per heavy atom. The number of fused-ring (bicyclic) bond motifs is 1. The highest BCUT2D eigenvalue weighted by molar-refractivity contribution is 5.48. The van der Waals surface area contributed by atoms with Crippen molar-refractivity contribution >= 4 is 11.5 Å². The Labute approximate surface area is 112 Å². The molecule has 0 spiro atoms. The maximum absolute atomic E-state index is 12.8. The fraction of sp³-hybridized carbons (Fsp3) is 0.417. The Kier molecular flexibility index (Phi) is 2.88. The number of aromatic nitrogens is 4. The Balaban J connectivity index is 2.06. The molecule has 0 N–H and O–H groups in total. The van der Waals surface area contributed by atoms with Crippen LogP contribution in [0.1, 0.15) is 18.7 Å². The Morgan fingerprint density at radius 3 is 2.70 bits per heavy atom. The normalized spacial score (nSPS) is 15.6. The third-order valence-corrected chi connectivity index (χ3v) is 3.11. The Morgan fingerprint density at radius 2 is 2.10 bits per heavy atom. The molecule has 0 bridgehead atoms. The summed E-state index contributed by atoms with van der Waals surface area (Å²) in [5.74, 6) is -0.631. The van der Waals surface area contributed by atoms with Crippen LogP contribution < -0.4 is 4.90 Å². The summed E-state index contributed by atoms with van der Waals surface area (Å²) in [6, 6.07) is 3.47. The molecule has 0 amide bonds. The van der Waals surface area contributed by atoms with E-state index in [0.29, 0.717) is 18.4 Å². The molecule has 0 unspecified atom stereocenters. The van der Waals surface area contributed by atoms with Crippen molar-refractivity contribution in [3.63, 3.8) is 0 Å². The van der Waals surface area contributed by atoms with Gasteiger partial charge in [0.15, 0.2) is 5.65 Å². The van der Waals surface area contributed by atoms with Crippen LogP contribution in [0.15, 0.2) is 24.8 Å². The highest BCUT2D eigenvalue weighted by Gasteiger charge is 2.38. The van der Waals surface area contributed by atoms with Crippen molar-refractivity contribution in [2.24, 2.45) is 0 Å². The molecule has 1 saturated carbocycles. The van der Waals surface area contributed by atoms with E-state index in [2.05, 4.69) is 21.9 Å². The number of nitrogens with zero attached hydrogens (tertiary/aromatic N) is 5. The molecule has 0 radical (unpaired) electrons. The van der Waals surface area contributed by atoms with Crippen molar-refractivity contribution in [1.82, 2.24) is 19.8 Å². The summed E-state index contributed by atoms with van der Waals surface area (Å²) in [4.78, 5) is 1.94. The van der Waals surface area contributed by atoms with Crippen LogP contribution in [0.2, 0.25) is 0 Å². The third-order valence-electron chi connectivity index (χ3n) is 3.11. The molecule has 2 aromatic heterocycles. The fourth-order valence-electron chi connectivity index (χ4n) is 2.06. The molecular weight excluding hydrogens is 271 g/mol. The summed E-state index contributed by atoms with van der Waals surface area (Å²) >= 11 is 0. The fourth-order valence-corrected chi connectivity index (χ4v) is 2.06. The number of anilines is 1. The zero-order chi connectivity index (χ0) is 14.3. The summed E-state index contributed by atoms with van der Waals surface area (Å²) in [6.07, 6.45) is -0.835. The topological polar surface area (TPSA) is 46.3 Å². The van der Waals surface area contributed by atoms with Gasteiger partial charge in [0.25, 0.3) is 5.82 Å². The molecule has 1 aliphatic carbocycles. The first-order valence-corrected chi connectivity index (χ1v) is 6.18. The lowest BCUT2D eigenvalue weighted by Crippen LogP contribution is -2.27. The van der Waals surface area contributed by atoms with Gasteiger partial charge in [-0.3, -0.25) is 0 Å². The van der Waals surface area contributed by atoms with Gasteiger partial charge in [0, 0.05) is 12.6 Å². The first-order chi connectivity index (χ1) is 9.50. The molecule has 5 nitrogen and oxygen atoms in total. The van der Waals surface area contributed by atoms with Crippen LogP contribution in [0.25, 0.3) is 5.65 Å². The molecule has 0 aromatic carbocycles. The summed E-state index contributed by atoms with van der Waals surface area (Å²) in [6.45, 7) is 4.21. The van der Waals surface area contributed by atoms with E-state index in [1.807, 2.05) is 4.90 Å². The van der Waals surface area contributed by atoms with Crippen LogP contribution in [-0.4, -0.2) is 32.4 Å². The van der Waals surface area contributed by atoms with E-state index >= 15 is 0 Å². The second-order valence-corrected chi connectivity index (χ2v) is 4.66. The summed E-state index contributed by atoms with van der Waals surface area (Å²) in [5, 5.41) is 10.7. The molecule has 8 heteroatoms. The highest BCUT2D eigenvalue weighted by Crippen LogP contribution is 2.31. The summed E-state index contributed by atoms with van der Waals surface area (Å²) in [7, 11) is 0. The van der Waals surface area contributed by atoms with Gasteiger partial charge in [-0.05, 0) is 25.0 Å². The molecule has 0 saturated heterocycles. The van der Waals surface area contributed by atoms with E-state index in [4.69, 9.17) is 0 Å². The molecular formula is C12H12F3N5. The van der Waals surface area contributed by atoms with Crippen LogP contribution >= 0.6 is 0 Å². The van der Waals surface area contributed by atoms with E-state index < -0.39 is 12.0 Å². The van der Waals surface area contributed by atoms with Crippen molar-refractivity contribution < 1.29 is 13.2 Å². The first-order valence-electron chi connectivity index (χ1n) is 6.18. The maximum atomic E-state index is 12.8. The van der Waals surface area contributed by atoms with Crippen LogP contribution in [0.5, 0.6) is 0 Å². The van der Waals surface area contributed by atoms with Gasteiger partial charge >= 0.3 is 6.18 Å². The summed E-state index contributed by atoms with van der Waals surface area (Å²) in [5.41, 5.74) is 0.0791. The first kappa shape index (κ1) is 12.9. The number of alkyl halides is 3. The zero-order valence-corrected chi connectivity index (χ0v) is 10.5. The molecule has 2 heterocycles. The van der Waals surface area contributed by atoms with Gasteiger partial charge in [0.05, 0.1) is 0 Å². The van der Waals surface area contributed by atoms with Crippen molar-refractivity contribution in [1.29, 1.82) is 0 Å². The minimum absolute atomic E-state index is 0.0791. The van der Waals surface area contributed by atoms with Gasteiger partial charge in [-0.15, -0.1) is 21.9 Å². The van der Waals surface area contributed by atoms with Crippen LogP contribution in [-0.2, 0) is 6.18 Å². The van der Waals surface area contributed by atoms with Crippen LogP contribution in [0.3, 0.4) is 0 Å². The van der Waals surface area contributed by atoms with Crippen LogP contribution in [0.4, 0.5) is 19.0 Å². The third kappa shape index (κ3) is 2.21. The summed E-state index contributed by atoms with van der Waals surface area (Å²) < 4.78 is 39.2. The van der Waals surface area contributed by atoms with Gasteiger partial charge in [0.2, 0.25) is 0 Å². The Bertz CT molecular complexity index is 644. The van der Waals surface area contributed by atoms with E-state index in [1.54, 1.807) is 12.1 Å². The SMILES string of the molecule is C=CCN(c1ccc2nnc(C(F)(F)F)n2n1)C1CC1. The van der Waals surface area contributed by atoms with Gasteiger partial charge in [0.1, 0.15) is 5.82 Å². The van der Waals surface area contributed by atoms with Gasteiger partial charge in [-0.2, -0.15) is 17.7 Å². The van der Waals surface area contributed by atoms with Crippen molar-refractivity contribution in [2.75, 3.05) is 11.4 Å². The molecule has 3 rings (SSSR count).